The van der Waals surface area contributed by atoms with Gasteiger partial charge >= 0.3 is 0 Å². The zero-order valence-corrected chi connectivity index (χ0v) is 9.27. The third-order valence-corrected chi connectivity index (χ3v) is 2.35. The predicted octanol–water partition coefficient (Wildman–Crippen LogP) is 2.31. The summed E-state index contributed by atoms with van der Waals surface area (Å²) in [6.45, 7) is 1.72. The molecule has 2 rings (SSSR count). The normalized spacial score (nSPS) is 10.1. The van der Waals surface area contributed by atoms with Crippen LogP contribution in [-0.4, -0.2) is 21.2 Å². The molecule has 80 valence electrons. The van der Waals surface area contributed by atoms with Crippen molar-refractivity contribution in [1.82, 2.24) is 15.0 Å². The molecule has 5 heteroatoms. The van der Waals surface area contributed by atoms with Crippen LogP contribution in [0.4, 0.5) is 0 Å². The number of carbonyl (C=O) groups is 1. The molecule has 0 aliphatic rings. The molecule has 0 aromatic carbocycles. The van der Waals surface area contributed by atoms with Crippen molar-refractivity contribution in [2.24, 2.45) is 0 Å². The SMILES string of the molecule is Cc1nc(Cl)c(C=O)c(-c2cccnc2)n1. The second kappa shape index (κ2) is 4.37. The molecular weight excluding hydrogens is 226 g/mol. The molecule has 16 heavy (non-hydrogen) atoms. The molecular formula is C11H8ClN3O. The van der Waals surface area contributed by atoms with Crippen LogP contribution in [0.2, 0.25) is 5.15 Å². The summed E-state index contributed by atoms with van der Waals surface area (Å²) in [7, 11) is 0. The largest absolute Gasteiger partial charge is 0.298 e. The Morgan fingerprint density at radius 1 is 1.38 bits per heavy atom. The van der Waals surface area contributed by atoms with E-state index in [4.69, 9.17) is 11.6 Å². The van der Waals surface area contributed by atoms with Crippen LogP contribution in [0.5, 0.6) is 0 Å². The van der Waals surface area contributed by atoms with Gasteiger partial charge < -0.3 is 0 Å². The summed E-state index contributed by atoms with van der Waals surface area (Å²) in [6, 6.07) is 3.59. The van der Waals surface area contributed by atoms with E-state index in [0.717, 1.165) is 5.56 Å². The molecule has 0 amide bonds. The number of aldehydes is 1. The van der Waals surface area contributed by atoms with E-state index in [1.165, 1.54) is 0 Å². The second-order valence-corrected chi connectivity index (χ2v) is 3.54. The Morgan fingerprint density at radius 3 is 2.81 bits per heavy atom. The van der Waals surface area contributed by atoms with Gasteiger partial charge in [0.1, 0.15) is 11.0 Å². The maximum Gasteiger partial charge on any atom is 0.155 e. The minimum absolute atomic E-state index is 0.168. The number of aryl methyl sites for hydroxylation is 1. The van der Waals surface area contributed by atoms with Gasteiger partial charge in [-0.15, -0.1) is 0 Å². The quantitative estimate of drug-likeness (QED) is 0.590. The number of hydrogen-bond donors (Lipinski definition) is 0. The molecule has 0 saturated carbocycles. The second-order valence-electron chi connectivity index (χ2n) is 3.18. The first-order valence-corrected chi connectivity index (χ1v) is 5.00. The van der Waals surface area contributed by atoms with E-state index in [0.29, 0.717) is 23.4 Å². The minimum atomic E-state index is 0.168. The molecule has 0 aliphatic carbocycles. The van der Waals surface area contributed by atoms with Gasteiger partial charge in [0, 0.05) is 18.0 Å². The standard InChI is InChI=1S/C11H8ClN3O/c1-7-14-10(8-3-2-4-13-5-8)9(6-16)11(12)15-7/h2-6H,1H3. The Kier molecular flexibility index (Phi) is 2.92. The van der Waals surface area contributed by atoms with Crippen molar-refractivity contribution in [3.63, 3.8) is 0 Å². The van der Waals surface area contributed by atoms with Crippen molar-refractivity contribution in [3.05, 3.63) is 41.1 Å². The van der Waals surface area contributed by atoms with Crippen LogP contribution >= 0.6 is 11.6 Å². The third-order valence-electron chi connectivity index (χ3n) is 2.06. The molecule has 0 fully saturated rings. The van der Waals surface area contributed by atoms with E-state index in [-0.39, 0.29) is 5.15 Å². The number of rotatable bonds is 2. The van der Waals surface area contributed by atoms with Crippen LogP contribution in [0.3, 0.4) is 0 Å². The summed E-state index contributed by atoms with van der Waals surface area (Å²) in [4.78, 5) is 23.1. The van der Waals surface area contributed by atoms with Crippen molar-refractivity contribution in [1.29, 1.82) is 0 Å². The molecule has 2 heterocycles. The Morgan fingerprint density at radius 2 is 2.19 bits per heavy atom. The Hall–Kier alpha value is -1.81. The van der Waals surface area contributed by atoms with Gasteiger partial charge in [-0.1, -0.05) is 11.6 Å². The highest BCUT2D eigenvalue weighted by molar-refractivity contribution is 6.32. The van der Waals surface area contributed by atoms with Crippen LogP contribution < -0.4 is 0 Å². The van der Waals surface area contributed by atoms with Gasteiger partial charge in [0.2, 0.25) is 0 Å². The van der Waals surface area contributed by atoms with Crippen LogP contribution in [0.25, 0.3) is 11.3 Å². The molecule has 0 radical (unpaired) electrons. The Bertz CT molecular complexity index is 528. The van der Waals surface area contributed by atoms with Gasteiger partial charge in [-0.3, -0.25) is 9.78 Å². The van der Waals surface area contributed by atoms with Gasteiger partial charge in [0.15, 0.2) is 6.29 Å². The third kappa shape index (κ3) is 1.92. The lowest BCUT2D eigenvalue weighted by atomic mass is 10.1. The highest BCUT2D eigenvalue weighted by Gasteiger charge is 2.12. The molecule has 0 spiro atoms. The zero-order valence-electron chi connectivity index (χ0n) is 8.51. The van der Waals surface area contributed by atoms with Crippen molar-refractivity contribution in [2.75, 3.05) is 0 Å². The first kappa shape index (κ1) is 10.7. The van der Waals surface area contributed by atoms with E-state index >= 15 is 0 Å². The molecule has 0 saturated heterocycles. The van der Waals surface area contributed by atoms with Crippen molar-refractivity contribution < 1.29 is 4.79 Å². The first-order chi connectivity index (χ1) is 7.72. The number of pyridine rings is 1. The fourth-order valence-electron chi connectivity index (χ4n) is 1.37. The fraction of sp³-hybridized carbons (Fsp3) is 0.0909. The van der Waals surface area contributed by atoms with Crippen LogP contribution in [0.15, 0.2) is 24.5 Å². The number of hydrogen-bond acceptors (Lipinski definition) is 4. The summed E-state index contributed by atoms with van der Waals surface area (Å²) in [5.41, 5.74) is 1.55. The monoisotopic (exact) mass is 233 g/mol. The van der Waals surface area contributed by atoms with Crippen LogP contribution in [0.1, 0.15) is 16.2 Å². The van der Waals surface area contributed by atoms with E-state index < -0.39 is 0 Å². The van der Waals surface area contributed by atoms with E-state index in [9.17, 15) is 4.79 Å². The maximum atomic E-state index is 10.9. The lowest BCUT2D eigenvalue weighted by Crippen LogP contribution is -1.99. The lowest BCUT2D eigenvalue weighted by Gasteiger charge is -2.05. The molecule has 0 N–H and O–H groups in total. The van der Waals surface area contributed by atoms with Crippen molar-refractivity contribution in [3.8, 4) is 11.3 Å². The molecule has 2 aromatic heterocycles. The fourth-order valence-corrected chi connectivity index (χ4v) is 1.63. The van der Waals surface area contributed by atoms with E-state index in [1.807, 2.05) is 6.07 Å². The van der Waals surface area contributed by atoms with E-state index in [1.54, 1.807) is 25.4 Å². The van der Waals surface area contributed by atoms with Crippen LogP contribution in [-0.2, 0) is 0 Å². The number of aromatic nitrogens is 3. The molecule has 0 bridgehead atoms. The topological polar surface area (TPSA) is 55.7 Å². The minimum Gasteiger partial charge on any atom is -0.298 e. The predicted molar refractivity (Wildman–Crippen MR) is 60.4 cm³/mol. The van der Waals surface area contributed by atoms with Gasteiger partial charge in [-0.2, -0.15) is 0 Å². The number of carbonyl (C=O) groups excluding carboxylic acids is 1. The number of halogens is 1. The lowest BCUT2D eigenvalue weighted by molar-refractivity contribution is 0.112. The molecule has 0 unspecified atom stereocenters. The van der Waals surface area contributed by atoms with Crippen molar-refractivity contribution >= 4 is 17.9 Å². The summed E-state index contributed by atoms with van der Waals surface area (Å²) in [5.74, 6) is 0.523. The highest BCUT2D eigenvalue weighted by atomic mass is 35.5. The molecule has 0 aliphatic heterocycles. The summed E-state index contributed by atoms with van der Waals surface area (Å²) >= 11 is 5.88. The summed E-state index contributed by atoms with van der Waals surface area (Å²) in [5, 5.41) is 0.168. The van der Waals surface area contributed by atoms with Gasteiger partial charge in [0.05, 0.1) is 11.3 Å². The van der Waals surface area contributed by atoms with E-state index in [2.05, 4.69) is 15.0 Å². The summed E-state index contributed by atoms with van der Waals surface area (Å²) < 4.78 is 0. The molecule has 4 nitrogen and oxygen atoms in total. The van der Waals surface area contributed by atoms with Crippen LogP contribution in [0, 0.1) is 6.92 Å². The summed E-state index contributed by atoms with van der Waals surface area (Å²) in [6.07, 6.45) is 3.94. The smallest absolute Gasteiger partial charge is 0.155 e. The van der Waals surface area contributed by atoms with Crippen molar-refractivity contribution in [2.45, 2.75) is 6.92 Å². The average Bonchev–Trinajstić information content (AvgIpc) is 2.29. The average molecular weight is 234 g/mol. The highest BCUT2D eigenvalue weighted by Crippen LogP contribution is 2.24. The Balaban J connectivity index is 2.69. The number of nitrogens with zero attached hydrogens (tertiary/aromatic N) is 3. The first-order valence-electron chi connectivity index (χ1n) is 4.62. The maximum absolute atomic E-state index is 10.9. The molecule has 2 aromatic rings. The van der Waals surface area contributed by atoms with Gasteiger partial charge in [-0.25, -0.2) is 9.97 Å². The molecule has 0 atom stereocenters. The van der Waals surface area contributed by atoms with Gasteiger partial charge in [0.25, 0.3) is 0 Å². The van der Waals surface area contributed by atoms with Gasteiger partial charge in [-0.05, 0) is 19.1 Å². The zero-order chi connectivity index (χ0) is 11.5. The Labute approximate surface area is 97.3 Å².